The highest BCUT2D eigenvalue weighted by Gasteiger charge is 2.20. The van der Waals surface area contributed by atoms with Gasteiger partial charge in [0.1, 0.15) is 12.9 Å². The van der Waals surface area contributed by atoms with Gasteiger partial charge >= 0.3 is 5.97 Å². The van der Waals surface area contributed by atoms with Gasteiger partial charge in [-0.3, -0.25) is 4.79 Å². The molecular weight excluding hydrogens is 259 g/mol. The molecule has 1 atom stereocenters. The second-order valence-corrected chi connectivity index (χ2v) is 7.23. The fourth-order valence-corrected chi connectivity index (χ4v) is 3.58. The molecule has 2 aromatic rings. The van der Waals surface area contributed by atoms with Crippen molar-refractivity contribution in [1.82, 2.24) is 0 Å². The minimum atomic E-state index is -2.59. The van der Waals surface area contributed by atoms with Crippen molar-refractivity contribution >= 4 is 23.7 Å². The summed E-state index contributed by atoms with van der Waals surface area (Å²) < 4.78 is 17.8. The van der Waals surface area contributed by atoms with Gasteiger partial charge in [-0.15, -0.1) is 0 Å². The van der Waals surface area contributed by atoms with E-state index in [9.17, 15) is 9.36 Å². The van der Waals surface area contributed by atoms with Gasteiger partial charge in [0, 0.05) is 17.5 Å². The standard InChI is InChI=1S/C15H15O3P/c1-12(16)18-13-8-10-15(11-9-13)19(2,17)14-6-4-3-5-7-14/h3-11H,1-2H3. The number of esters is 1. The minimum Gasteiger partial charge on any atom is -0.427 e. The van der Waals surface area contributed by atoms with E-state index >= 15 is 0 Å². The van der Waals surface area contributed by atoms with Gasteiger partial charge < -0.3 is 9.30 Å². The average molecular weight is 274 g/mol. The number of carbonyl (C=O) groups excluding carboxylic acids is 1. The van der Waals surface area contributed by atoms with Gasteiger partial charge in [0.2, 0.25) is 0 Å². The molecule has 0 aromatic heterocycles. The largest absolute Gasteiger partial charge is 0.427 e. The van der Waals surface area contributed by atoms with E-state index in [0.29, 0.717) is 5.75 Å². The van der Waals surface area contributed by atoms with E-state index in [1.54, 1.807) is 30.9 Å². The van der Waals surface area contributed by atoms with Crippen molar-refractivity contribution in [2.45, 2.75) is 6.92 Å². The van der Waals surface area contributed by atoms with Crippen molar-refractivity contribution in [2.24, 2.45) is 0 Å². The maximum absolute atomic E-state index is 12.8. The lowest BCUT2D eigenvalue weighted by atomic mass is 10.3. The molecule has 0 bridgehead atoms. The number of benzene rings is 2. The van der Waals surface area contributed by atoms with Crippen molar-refractivity contribution in [1.29, 1.82) is 0 Å². The van der Waals surface area contributed by atoms with E-state index in [2.05, 4.69) is 0 Å². The zero-order valence-corrected chi connectivity index (χ0v) is 11.8. The highest BCUT2D eigenvalue weighted by molar-refractivity contribution is 7.78. The Morgan fingerprint density at radius 3 is 2.00 bits per heavy atom. The van der Waals surface area contributed by atoms with Crippen LogP contribution in [0.4, 0.5) is 0 Å². The summed E-state index contributed by atoms with van der Waals surface area (Å²) in [6.45, 7) is 3.09. The molecule has 0 aliphatic heterocycles. The normalized spacial score (nSPS) is 13.6. The predicted octanol–water partition coefficient (Wildman–Crippen LogP) is 2.56. The molecule has 2 rings (SSSR count). The van der Waals surface area contributed by atoms with Crippen LogP contribution in [0.5, 0.6) is 5.75 Å². The molecule has 0 radical (unpaired) electrons. The van der Waals surface area contributed by atoms with Gasteiger partial charge in [0.25, 0.3) is 0 Å². The SMILES string of the molecule is CC(=O)Oc1ccc(P(C)(=O)c2ccccc2)cc1. The molecule has 4 heteroatoms. The molecule has 0 N–H and O–H groups in total. The van der Waals surface area contributed by atoms with E-state index in [-0.39, 0.29) is 5.97 Å². The fraction of sp³-hybridized carbons (Fsp3) is 0.133. The fourth-order valence-electron chi connectivity index (χ4n) is 1.83. The Hall–Kier alpha value is -1.86. The van der Waals surface area contributed by atoms with Crippen LogP contribution in [-0.2, 0) is 9.36 Å². The molecule has 0 fully saturated rings. The Morgan fingerprint density at radius 2 is 1.47 bits per heavy atom. The van der Waals surface area contributed by atoms with Crippen molar-refractivity contribution in [3.8, 4) is 5.75 Å². The molecule has 19 heavy (non-hydrogen) atoms. The highest BCUT2D eigenvalue weighted by atomic mass is 31.2. The number of carbonyl (C=O) groups is 1. The maximum Gasteiger partial charge on any atom is 0.308 e. The Morgan fingerprint density at radius 1 is 0.947 bits per heavy atom. The topological polar surface area (TPSA) is 43.4 Å². The lowest BCUT2D eigenvalue weighted by Crippen LogP contribution is -2.14. The first-order valence-corrected chi connectivity index (χ1v) is 8.08. The molecule has 0 spiro atoms. The highest BCUT2D eigenvalue weighted by Crippen LogP contribution is 2.38. The van der Waals surface area contributed by atoms with Crippen LogP contribution in [0.1, 0.15) is 6.92 Å². The van der Waals surface area contributed by atoms with Crippen molar-refractivity contribution in [2.75, 3.05) is 6.66 Å². The van der Waals surface area contributed by atoms with Crippen LogP contribution in [0.3, 0.4) is 0 Å². The Balaban J connectivity index is 2.32. The number of rotatable bonds is 3. The van der Waals surface area contributed by atoms with E-state index in [1.807, 2.05) is 30.3 Å². The summed E-state index contributed by atoms with van der Waals surface area (Å²) in [6, 6.07) is 16.2. The number of ether oxygens (including phenoxy) is 1. The maximum atomic E-state index is 12.8. The molecule has 0 heterocycles. The average Bonchev–Trinajstić information content (AvgIpc) is 2.40. The summed E-state index contributed by atoms with van der Waals surface area (Å²) >= 11 is 0. The molecule has 0 amide bonds. The van der Waals surface area contributed by atoms with E-state index in [1.165, 1.54) is 6.92 Å². The van der Waals surface area contributed by atoms with Crippen LogP contribution >= 0.6 is 7.14 Å². The summed E-state index contributed by atoms with van der Waals surface area (Å²) in [5, 5.41) is 1.56. The predicted molar refractivity (Wildman–Crippen MR) is 77.0 cm³/mol. The molecule has 2 aromatic carbocycles. The lowest BCUT2D eigenvalue weighted by molar-refractivity contribution is -0.131. The van der Waals surface area contributed by atoms with Gasteiger partial charge in [0.15, 0.2) is 0 Å². The first kappa shape index (κ1) is 13.6. The second kappa shape index (κ2) is 5.41. The Kier molecular flexibility index (Phi) is 3.87. The summed E-state index contributed by atoms with van der Waals surface area (Å²) in [4.78, 5) is 10.8. The molecule has 98 valence electrons. The smallest absolute Gasteiger partial charge is 0.308 e. The summed E-state index contributed by atoms with van der Waals surface area (Å²) in [5.41, 5.74) is 0. The van der Waals surface area contributed by atoms with Crippen LogP contribution in [-0.4, -0.2) is 12.6 Å². The van der Waals surface area contributed by atoms with E-state index in [0.717, 1.165) is 10.6 Å². The Bertz CT molecular complexity index is 618. The van der Waals surface area contributed by atoms with Crippen LogP contribution in [0.15, 0.2) is 54.6 Å². The Labute approximate surface area is 112 Å². The first-order chi connectivity index (χ1) is 9.00. The number of hydrogen-bond donors (Lipinski definition) is 0. The molecule has 3 nitrogen and oxygen atoms in total. The third kappa shape index (κ3) is 3.12. The van der Waals surface area contributed by atoms with Gasteiger partial charge in [-0.05, 0) is 30.9 Å². The second-order valence-electron chi connectivity index (χ2n) is 4.35. The van der Waals surface area contributed by atoms with E-state index < -0.39 is 7.14 Å². The third-order valence-electron chi connectivity index (χ3n) is 2.84. The van der Waals surface area contributed by atoms with Crippen LogP contribution < -0.4 is 15.3 Å². The van der Waals surface area contributed by atoms with Gasteiger partial charge in [-0.1, -0.05) is 30.3 Å². The van der Waals surface area contributed by atoms with Gasteiger partial charge in [0.05, 0.1) is 0 Å². The van der Waals surface area contributed by atoms with Crippen LogP contribution in [0.2, 0.25) is 0 Å². The molecule has 0 aliphatic rings. The monoisotopic (exact) mass is 274 g/mol. The first-order valence-electron chi connectivity index (χ1n) is 5.92. The summed E-state index contributed by atoms with van der Waals surface area (Å²) in [6.07, 6.45) is 0. The van der Waals surface area contributed by atoms with Gasteiger partial charge in [-0.25, -0.2) is 0 Å². The molecular formula is C15H15O3P. The lowest BCUT2D eigenvalue weighted by Gasteiger charge is -2.14. The van der Waals surface area contributed by atoms with Crippen molar-refractivity contribution in [3.63, 3.8) is 0 Å². The van der Waals surface area contributed by atoms with Crippen LogP contribution in [0, 0.1) is 0 Å². The molecule has 0 saturated carbocycles. The molecule has 0 aliphatic carbocycles. The van der Waals surface area contributed by atoms with Crippen molar-refractivity contribution < 1.29 is 14.1 Å². The number of hydrogen-bond acceptors (Lipinski definition) is 3. The molecule has 1 unspecified atom stereocenters. The van der Waals surface area contributed by atoms with E-state index in [4.69, 9.17) is 4.74 Å². The molecule has 0 saturated heterocycles. The minimum absolute atomic E-state index is 0.365. The quantitative estimate of drug-likeness (QED) is 0.491. The zero-order valence-electron chi connectivity index (χ0n) is 10.9. The van der Waals surface area contributed by atoms with Crippen LogP contribution in [0.25, 0.3) is 0 Å². The van der Waals surface area contributed by atoms with Gasteiger partial charge in [-0.2, -0.15) is 0 Å². The summed E-state index contributed by atoms with van der Waals surface area (Å²) in [7, 11) is -2.59. The third-order valence-corrected chi connectivity index (χ3v) is 5.41. The van der Waals surface area contributed by atoms with Crippen molar-refractivity contribution in [3.05, 3.63) is 54.6 Å². The summed E-state index contributed by atoms with van der Waals surface area (Å²) in [5.74, 6) is 0.0970. The zero-order chi connectivity index (χ0) is 13.9.